The minimum Gasteiger partial charge on any atom is -0.355 e. The Morgan fingerprint density at radius 1 is 1.18 bits per heavy atom. The number of carbonyl (C=O) groups is 2. The summed E-state index contributed by atoms with van der Waals surface area (Å²) in [5, 5.41) is 8.41. The molecule has 7 nitrogen and oxygen atoms in total. The molecule has 1 aromatic rings. The van der Waals surface area contributed by atoms with E-state index in [1.807, 2.05) is 43.9 Å². The number of carbonyl (C=O) groups excluding carboxylic acids is 2. The van der Waals surface area contributed by atoms with E-state index in [9.17, 15) is 9.59 Å². The van der Waals surface area contributed by atoms with Crippen molar-refractivity contribution in [2.24, 2.45) is 5.92 Å². The smallest absolute Gasteiger partial charge is 0.327 e. The Balaban J connectivity index is 1.83. The van der Waals surface area contributed by atoms with Crippen molar-refractivity contribution in [3.8, 4) is 0 Å². The number of imide groups is 1. The van der Waals surface area contributed by atoms with Crippen molar-refractivity contribution in [3.05, 3.63) is 29.5 Å². The van der Waals surface area contributed by atoms with E-state index >= 15 is 0 Å². The van der Waals surface area contributed by atoms with Crippen LogP contribution < -0.4 is 4.90 Å². The Bertz CT molecular complexity index is 760. The molecule has 2 aliphatic rings. The second-order valence-corrected chi connectivity index (χ2v) is 8.54. The number of piperidine rings is 1. The second kappa shape index (κ2) is 7.89. The Hall–Kier alpha value is -2.44. The van der Waals surface area contributed by atoms with Crippen molar-refractivity contribution in [1.82, 2.24) is 20.0 Å². The summed E-state index contributed by atoms with van der Waals surface area (Å²) in [6, 6.07) is 3.76. The van der Waals surface area contributed by atoms with Crippen LogP contribution in [0.3, 0.4) is 0 Å². The molecule has 0 saturated carbocycles. The van der Waals surface area contributed by atoms with Gasteiger partial charge in [-0.1, -0.05) is 25.5 Å². The van der Waals surface area contributed by atoms with E-state index in [-0.39, 0.29) is 11.9 Å². The maximum Gasteiger partial charge on any atom is 0.327 e. The summed E-state index contributed by atoms with van der Waals surface area (Å²) in [7, 11) is 0. The summed E-state index contributed by atoms with van der Waals surface area (Å²) >= 11 is 0. The normalized spacial score (nSPS) is 19.1. The monoisotopic (exact) mass is 385 g/mol. The zero-order chi connectivity index (χ0) is 20.5. The Morgan fingerprint density at radius 2 is 1.86 bits per heavy atom. The largest absolute Gasteiger partial charge is 0.355 e. The van der Waals surface area contributed by atoms with Gasteiger partial charge in [-0.2, -0.15) is 5.10 Å². The summed E-state index contributed by atoms with van der Waals surface area (Å²) in [5.41, 5.74) is 1.25. The van der Waals surface area contributed by atoms with Crippen LogP contribution in [-0.4, -0.2) is 63.7 Å². The SMILES string of the molecule is CC(C)=CCN1C(=O)N(CC(C)C)C2(CCN(c3ccc(C)nn3)CC2)C1=O. The third-order valence-corrected chi connectivity index (χ3v) is 5.55. The van der Waals surface area contributed by atoms with E-state index in [0.717, 1.165) is 17.1 Å². The van der Waals surface area contributed by atoms with E-state index < -0.39 is 5.54 Å². The maximum atomic E-state index is 13.4. The number of hydrogen-bond acceptors (Lipinski definition) is 5. The molecule has 0 radical (unpaired) electrons. The summed E-state index contributed by atoms with van der Waals surface area (Å²) < 4.78 is 0. The first-order valence-corrected chi connectivity index (χ1v) is 10.1. The van der Waals surface area contributed by atoms with Gasteiger partial charge in [-0.3, -0.25) is 9.69 Å². The van der Waals surface area contributed by atoms with Crippen LogP contribution in [0.1, 0.15) is 46.2 Å². The van der Waals surface area contributed by atoms with E-state index in [0.29, 0.717) is 44.9 Å². The number of anilines is 1. The van der Waals surface area contributed by atoms with Gasteiger partial charge in [-0.05, 0) is 51.7 Å². The molecule has 0 bridgehead atoms. The zero-order valence-corrected chi connectivity index (χ0v) is 17.6. The third-order valence-electron chi connectivity index (χ3n) is 5.55. The lowest BCUT2D eigenvalue weighted by molar-refractivity contribution is -0.134. The Labute approximate surface area is 167 Å². The van der Waals surface area contributed by atoms with Gasteiger partial charge in [0.25, 0.3) is 5.91 Å². The summed E-state index contributed by atoms with van der Waals surface area (Å²) in [6.45, 7) is 12.4. The lowest BCUT2D eigenvalue weighted by Crippen LogP contribution is -2.57. The standard InChI is InChI=1S/C21H31N5O2/c1-15(2)8-11-25-19(27)21(26(20(25)28)14-16(3)4)9-12-24(13-10-21)18-7-6-17(5)22-23-18/h6-8,16H,9-14H2,1-5H3. The van der Waals surface area contributed by atoms with Crippen LogP contribution in [-0.2, 0) is 4.79 Å². The fourth-order valence-corrected chi connectivity index (χ4v) is 3.99. The molecule has 2 fully saturated rings. The highest BCUT2D eigenvalue weighted by Gasteiger charge is 2.57. The minimum absolute atomic E-state index is 0.0507. The van der Waals surface area contributed by atoms with Gasteiger partial charge in [0.1, 0.15) is 5.54 Å². The fourth-order valence-electron chi connectivity index (χ4n) is 3.99. The van der Waals surface area contributed by atoms with Crippen molar-refractivity contribution < 1.29 is 9.59 Å². The fraction of sp³-hybridized carbons (Fsp3) is 0.619. The quantitative estimate of drug-likeness (QED) is 0.576. The molecule has 1 aromatic heterocycles. The van der Waals surface area contributed by atoms with E-state index in [1.165, 1.54) is 4.90 Å². The summed E-state index contributed by atoms with van der Waals surface area (Å²) in [4.78, 5) is 31.9. The first kappa shape index (κ1) is 20.3. The third kappa shape index (κ3) is 3.75. The molecule has 0 unspecified atom stereocenters. The molecular formula is C21H31N5O2. The predicted octanol–water partition coefficient (Wildman–Crippen LogP) is 3.01. The molecule has 0 atom stereocenters. The van der Waals surface area contributed by atoms with Gasteiger partial charge in [0.15, 0.2) is 5.82 Å². The minimum atomic E-state index is -0.731. The van der Waals surface area contributed by atoms with E-state index in [2.05, 4.69) is 28.9 Å². The van der Waals surface area contributed by atoms with Crippen LogP contribution in [0.25, 0.3) is 0 Å². The van der Waals surface area contributed by atoms with Crippen LogP contribution in [0.2, 0.25) is 0 Å². The van der Waals surface area contributed by atoms with Crippen LogP contribution in [0.5, 0.6) is 0 Å². The molecule has 1 spiro atoms. The van der Waals surface area contributed by atoms with Gasteiger partial charge in [0.05, 0.1) is 5.69 Å². The number of amides is 3. The van der Waals surface area contributed by atoms with Gasteiger partial charge in [-0.25, -0.2) is 4.79 Å². The number of urea groups is 1. The number of rotatable bonds is 5. The molecule has 0 N–H and O–H groups in total. The van der Waals surface area contributed by atoms with Gasteiger partial charge < -0.3 is 9.80 Å². The summed E-state index contributed by atoms with van der Waals surface area (Å²) in [5.74, 6) is 1.08. The molecule has 7 heteroatoms. The molecule has 3 amide bonds. The maximum absolute atomic E-state index is 13.4. The lowest BCUT2D eigenvalue weighted by Gasteiger charge is -2.43. The topological polar surface area (TPSA) is 69.6 Å². The molecule has 0 aromatic carbocycles. The number of hydrogen-bond donors (Lipinski definition) is 0. The first-order chi connectivity index (χ1) is 13.2. The molecular weight excluding hydrogens is 354 g/mol. The van der Waals surface area contributed by atoms with Crippen LogP contribution in [0.4, 0.5) is 10.6 Å². The van der Waals surface area contributed by atoms with Gasteiger partial charge in [0, 0.05) is 26.2 Å². The van der Waals surface area contributed by atoms with Crippen molar-refractivity contribution in [1.29, 1.82) is 0 Å². The van der Waals surface area contributed by atoms with Gasteiger partial charge in [-0.15, -0.1) is 5.10 Å². The van der Waals surface area contributed by atoms with Gasteiger partial charge >= 0.3 is 6.03 Å². The highest BCUT2D eigenvalue weighted by atomic mass is 16.2. The molecule has 2 saturated heterocycles. The molecule has 28 heavy (non-hydrogen) atoms. The first-order valence-electron chi connectivity index (χ1n) is 10.1. The number of aromatic nitrogens is 2. The van der Waals surface area contributed by atoms with Gasteiger partial charge in [0.2, 0.25) is 0 Å². The number of allylic oxidation sites excluding steroid dienone is 1. The zero-order valence-electron chi connectivity index (χ0n) is 17.6. The highest BCUT2D eigenvalue weighted by Crippen LogP contribution is 2.38. The number of nitrogens with zero attached hydrogens (tertiary/aromatic N) is 5. The Morgan fingerprint density at radius 3 is 2.39 bits per heavy atom. The number of aryl methyl sites for hydroxylation is 1. The Kier molecular flexibility index (Phi) is 5.72. The van der Waals surface area contributed by atoms with Crippen molar-refractivity contribution in [2.45, 2.75) is 53.0 Å². The van der Waals surface area contributed by atoms with Crippen molar-refractivity contribution >= 4 is 17.8 Å². The molecule has 0 aliphatic carbocycles. The van der Waals surface area contributed by atoms with Crippen LogP contribution in [0, 0.1) is 12.8 Å². The van der Waals surface area contributed by atoms with Crippen LogP contribution in [0.15, 0.2) is 23.8 Å². The predicted molar refractivity (Wildman–Crippen MR) is 109 cm³/mol. The average Bonchev–Trinajstić information content (AvgIpc) is 2.83. The molecule has 3 rings (SSSR count). The lowest BCUT2D eigenvalue weighted by atomic mass is 9.85. The molecule has 3 heterocycles. The van der Waals surface area contributed by atoms with E-state index in [4.69, 9.17) is 0 Å². The molecule has 2 aliphatic heterocycles. The average molecular weight is 386 g/mol. The van der Waals surface area contributed by atoms with Crippen molar-refractivity contribution in [2.75, 3.05) is 31.1 Å². The second-order valence-electron chi connectivity index (χ2n) is 8.54. The highest BCUT2D eigenvalue weighted by molar-refractivity contribution is 6.07. The van der Waals surface area contributed by atoms with E-state index in [1.54, 1.807) is 0 Å². The van der Waals surface area contributed by atoms with Crippen LogP contribution >= 0.6 is 0 Å². The van der Waals surface area contributed by atoms with Crippen molar-refractivity contribution in [3.63, 3.8) is 0 Å². The summed E-state index contributed by atoms with van der Waals surface area (Å²) in [6.07, 6.45) is 3.18. The molecule has 152 valence electrons.